The second kappa shape index (κ2) is 2.50. The minimum absolute atomic E-state index is 0.782. The van der Waals surface area contributed by atoms with Gasteiger partial charge in [0, 0.05) is 0 Å². The molecular weight excluding hydrogens is 148 g/mol. The van der Waals surface area contributed by atoms with E-state index in [-0.39, 0.29) is 0 Å². The van der Waals surface area contributed by atoms with E-state index in [2.05, 4.69) is 0 Å². The summed E-state index contributed by atoms with van der Waals surface area (Å²) >= 11 is 9.93. The maximum absolute atomic E-state index is 4.99. The molecule has 9 heavy (non-hydrogen) atoms. The normalized spacial score (nSPS) is 18.1. The molecule has 0 saturated heterocycles. The molecule has 0 heterocycles. The summed E-state index contributed by atoms with van der Waals surface area (Å²) in [6.45, 7) is 1.97. The van der Waals surface area contributed by atoms with Gasteiger partial charge in [-0.1, -0.05) is 36.6 Å². The molecule has 0 saturated carbocycles. The van der Waals surface area contributed by atoms with Gasteiger partial charge >= 0.3 is 0 Å². The van der Waals surface area contributed by atoms with Crippen LogP contribution in [-0.4, -0.2) is 9.73 Å². The van der Waals surface area contributed by atoms with Gasteiger partial charge in [-0.2, -0.15) is 0 Å². The van der Waals surface area contributed by atoms with E-state index in [1.54, 1.807) is 0 Å². The van der Waals surface area contributed by atoms with Crippen LogP contribution in [0.25, 0.3) is 0 Å². The van der Waals surface area contributed by atoms with Crippen LogP contribution in [0.3, 0.4) is 0 Å². The fourth-order valence-electron chi connectivity index (χ4n) is 0.626. The van der Waals surface area contributed by atoms with E-state index < -0.39 is 0 Å². The summed E-state index contributed by atoms with van der Waals surface area (Å²) in [6.07, 6.45) is 5.75. The van der Waals surface area contributed by atoms with Crippen molar-refractivity contribution in [3.8, 4) is 0 Å². The Hall–Kier alpha value is -0.340. The van der Waals surface area contributed by atoms with Gasteiger partial charge in [-0.25, -0.2) is 0 Å². The van der Waals surface area contributed by atoms with Crippen molar-refractivity contribution in [2.24, 2.45) is 0 Å². The Bertz CT molecular complexity index is 221. The monoisotopic (exact) mass is 154 g/mol. The van der Waals surface area contributed by atoms with E-state index >= 15 is 0 Å². The molecule has 0 aromatic heterocycles. The molecule has 46 valence electrons. The molecule has 1 rings (SSSR count). The molecule has 0 aromatic carbocycles. The molecule has 1 aliphatic carbocycles. The van der Waals surface area contributed by atoms with Gasteiger partial charge in [0.05, 0.1) is 9.73 Å². The molecule has 0 N–H and O–H groups in total. The minimum atomic E-state index is 0.782. The van der Waals surface area contributed by atoms with Gasteiger partial charge < -0.3 is 0 Å². The summed E-state index contributed by atoms with van der Waals surface area (Å²) in [5.74, 6) is 0. The highest BCUT2D eigenvalue weighted by Gasteiger charge is 2.05. The molecule has 0 nitrogen and oxygen atoms in total. The third-order valence-corrected chi connectivity index (χ3v) is 2.19. The van der Waals surface area contributed by atoms with Crippen molar-refractivity contribution in [1.82, 2.24) is 0 Å². The lowest BCUT2D eigenvalue weighted by Gasteiger charge is -2.04. The second-order valence-corrected chi connectivity index (χ2v) is 2.75. The SMILES string of the molecule is CC1=CC=CC(=S)C1=S. The molecule has 0 aliphatic heterocycles. The number of rotatable bonds is 0. The fraction of sp³-hybridized carbons (Fsp3) is 0.143. The third kappa shape index (κ3) is 1.32. The van der Waals surface area contributed by atoms with Gasteiger partial charge in [0.2, 0.25) is 0 Å². The lowest BCUT2D eigenvalue weighted by atomic mass is 10.1. The van der Waals surface area contributed by atoms with Crippen molar-refractivity contribution in [2.45, 2.75) is 6.92 Å². The summed E-state index contributed by atoms with van der Waals surface area (Å²) in [5.41, 5.74) is 1.09. The van der Waals surface area contributed by atoms with Crippen LogP contribution in [0.5, 0.6) is 0 Å². The third-order valence-electron chi connectivity index (χ3n) is 1.18. The lowest BCUT2D eigenvalue weighted by Crippen LogP contribution is -2.09. The van der Waals surface area contributed by atoms with Crippen LogP contribution in [0.4, 0.5) is 0 Å². The predicted molar refractivity (Wildman–Crippen MR) is 48.1 cm³/mol. The molecule has 0 unspecified atom stereocenters. The van der Waals surface area contributed by atoms with Gasteiger partial charge in [-0.15, -0.1) is 0 Å². The Labute approximate surface area is 65.3 Å². The van der Waals surface area contributed by atoms with Crippen LogP contribution in [0.1, 0.15) is 6.92 Å². The zero-order valence-electron chi connectivity index (χ0n) is 5.05. The lowest BCUT2D eigenvalue weighted by molar-refractivity contribution is 1.62. The molecule has 0 fully saturated rings. The fourth-order valence-corrected chi connectivity index (χ4v) is 1.00. The summed E-state index contributed by atoms with van der Waals surface area (Å²) in [6, 6.07) is 0. The van der Waals surface area contributed by atoms with Gasteiger partial charge in [0.1, 0.15) is 0 Å². The molecule has 0 bridgehead atoms. The highest BCUT2D eigenvalue weighted by atomic mass is 32.1. The molecule has 0 spiro atoms. The average molecular weight is 154 g/mol. The van der Waals surface area contributed by atoms with Gasteiger partial charge in [0.25, 0.3) is 0 Å². The smallest absolute Gasteiger partial charge is 0.0586 e. The van der Waals surface area contributed by atoms with Crippen LogP contribution >= 0.6 is 24.4 Å². The molecule has 0 radical (unpaired) electrons. The summed E-state index contributed by atoms with van der Waals surface area (Å²) in [4.78, 5) is 1.59. The van der Waals surface area contributed by atoms with E-state index in [4.69, 9.17) is 24.4 Å². The van der Waals surface area contributed by atoms with Crippen molar-refractivity contribution in [2.75, 3.05) is 0 Å². The van der Waals surface area contributed by atoms with Crippen molar-refractivity contribution < 1.29 is 0 Å². The van der Waals surface area contributed by atoms with Crippen molar-refractivity contribution in [3.63, 3.8) is 0 Å². The molecule has 2 heteroatoms. The number of allylic oxidation sites excluding steroid dienone is 4. The first kappa shape index (κ1) is 6.78. The molecular formula is C7H6S2. The Balaban J connectivity index is 3.00. The number of thiocarbonyl (C=S) groups is 2. The summed E-state index contributed by atoms with van der Waals surface area (Å²) < 4.78 is 0. The Morgan fingerprint density at radius 2 is 2.00 bits per heavy atom. The van der Waals surface area contributed by atoms with Crippen molar-refractivity contribution in [3.05, 3.63) is 23.8 Å². The van der Waals surface area contributed by atoms with Gasteiger partial charge in [0.15, 0.2) is 0 Å². The van der Waals surface area contributed by atoms with E-state index in [1.807, 2.05) is 25.2 Å². The molecule has 0 atom stereocenters. The summed E-state index contributed by atoms with van der Waals surface area (Å²) in [7, 11) is 0. The van der Waals surface area contributed by atoms with E-state index in [0.717, 1.165) is 15.3 Å². The van der Waals surface area contributed by atoms with Crippen LogP contribution in [0.2, 0.25) is 0 Å². The van der Waals surface area contributed by atoms with Crippen LogP contribution in [0, 0.1) is 0 Å². The topological polar surface area (TPSA) is 0 Å². The Kier molecular flexibility index (Phi) is 1.88. The van der Waals surface area contributed by atoms with Crippen LogP contribution in [0.15, 0.2) is 23.8 Å². The highest BCUT2D eigenvalue weighted by molar-refractivity contribution is 7.90. The Morgan fingerprint density at radius 1 is 1.33 bits per heavy atom. The summed E-state index contributed by atoms with van der Waals surface area (Å²) in [5, 5.41) is 0. The first-order chi connectivity index (χ1) is 4.22. The Morgan fingerprint density at radius 3 is 2.44 bits per heavy atom. The second-order valence-electron chi connectivity index (χ2n) is 1.90. The van der Waals surface area contributed by atoms with Gasteiger partial charge in [-0.05, 0) is 18.6 Å². The number of hydrogen-bond acceptors (Lipinski definition) is 2. The first-order valence-corrected chi connectivity index (χ1v) is 3.47. The zero-order chi connectivity index (χ0) is 6.85. The van der Waals surface area contributed by atoms with Crippen LogP contribution in [-0.2, 0) is 0 Å². The number of hydrogen-bond donors (Lipinski definition) is 0. The maximum Gasteiger partial charge on any atom is 0.0586 e. The van der Waals surface area contributed by atoms with Crippen molar-refractivity contribution in [1.29, 1.82) is 0 Å². The predicted octanol–water partition coefficient (Wildman–Crippen LogP) is 2.24. The van der Waals surface area contributed by atoms with Crippen LogP contribution < -0.4 is 0 Å². The standard InChI is InChI=1S/C7H6S2/c1-5-3-2-4-6(8)7(5)9/h2-4H,1H3. The first-order valence-electron chi connectivity index (χ1n) is 2.65. The largest absolute Gasteiger partial charge is 0.0785 e. The van der Waals surface area contributed by atoms with Crippen molar-refractivity contribution >= 4 is 34.2 Å². The highest BCUT2D eigenvalue weighted by Crippen LogP contribution is 2.06. The van der Waals surface area contributed by atoms with E-state index in [1.165, 1.54) is 0 Å². The molecule has 1 aliphatic rings. The molecule has 0 aromatic rings. The quantitative estimate of drug-likeness (QED) is 0.491. The average Bonchev–Trinajstić information content (AvgIpc) is 1.83. The van der Waals surface area contributed by atoms with E-state index in [9.17, 15) is 0 Å². The van der Waals surface area contributed by atoms with Gasteiger partial charge in [-0.3, -0.25) is 0 Å². The zero-order valence-corrected chi connectivity index (χ0v) is 6.68. The van der Waals surface area contributed by atoms with E-state index in [0.29, 0.717) is 0 Å². The molecule has 0 amide bonds. The minimum Gasteiger partial charge on any atom is -0.0785 e. The maximum atomic E-state index is 4.99.